The number of rotatable bonds is 3. The van der Waals surface area contributed by atoms with Crippen LogP contribution in [-0.4, -0.2) is 12.3 Å². The van der Waals surface area contributed by atoms with Crippen LogP contribution in [0.3, 0.4) is 0 Å². The van der Waals surface area contributed by atoms with Crippen molar-refractivity contribution in [2.24, 2.45) is 5.10 Å². The van der Waals surface area contributed by atoms with Crippen LogP contribution in [0.1, 0.15) is 12.5 Å². The molecule has 0 unspecified atom stereocenters. The van der Waals surface area contributed by atoms with Gasteiger partial charge < -0.3 is 9.57 Å². The molecule has 0 amide bonds. The zero-order valence-corrected chi connectivity index (χ0v) is 9.36. The van der Waals surface area contributed by atoms with Crippen LogP contribution in [0.5, 0.6) is 5.75 Å². The van der Waals surface area contributed by atoms with Crippen LogP contribution < -0.4 is 10.3 Å². The summed E-state index contributed by atoms with van der Waals surface area (Å²) in [5.74, 6) is 1.54. The number of hydrogen-bond acceptors (Lipinski definition) is 4. The Labute approximate surface area is 94.5 Å². The van der Waals surface area contributed by atoms with Crippen molar-refractivity contribution in [3.05, 3.63) is 41.7 Å². The largest absolute Gasteiger partial charge is 0.486 e. The Hall–Kier alpha value is -1.97. The Balaban J connectivity index is 1.92. The van der Waals surface area contributed by atoms with Crippen LogP contribution in [0.15, 0.2) is 41.2 Å². The van der Waals surface area contributed by atoms with E-state index in [-0.39, 0.29) is 0 Å². The minimum absolute atomic E-state index is 0.392. The van der Waals surface area contributed by atoms with Gasteiger partial charge in [0, 0.05) is 6.08 Å². The molecule has 1 N–H and O–H groups in total. The van der Waals surface area contributed by atoms with Gasteiger partial charge in [-0.05, 0) is 26.0 Å². The van der Waals surface area contributed by atoms with Gasteiger partial charge in [-0.2, -0.15) is 0 Å². The molecule has 1 aromatic rings. The first-order valence-corrected chi connectivity index (χ1v) is 5.10. The molecule has 0 bridgehead atoms. The monoisotopic (exact) mass is 218 g/mol. The molecular weight excluding hydrogens is 204 g/mol. The fourth-order valence-electron chi connectivity index (χ4n) is 1.31. The average Bonchev–Trinajstić information content (AvgIpc) is 2.28. The maximum atomic E-state index is 5.56. The van der Waals surface area contributed by atoms with E-state index in [9.17, 15) is 0 Å². The molecule has 0 radical (unpaired) electrons. The van der Waals surface area contributed by atoms with E-state index in [0.29, 0.717) is 12.4 Å². The van der Waals surface area contributed by atoms with E-state index in [1.807, 2.05) is 44.2 Å². The van der Waals surface area contributed by atoms with E-state index in [1.54, 1.807) is 0 Å². The van der Waals surface area contributed by atoms with Crippen LogP contribution in [0.4, 0.5) is 0 Å². The summed E-state index contributed by atoms with van der Waals surface area (Å²) >= 11 is 0. The molecule has 4 nitrogen and oxygen atoms in total. The van der Waals surface area contributed by atoms with Gasteiger partial charge in [0.15, 0.2) is 5.76 Å². The summed E-state index contributed by atoms with van der Waals surface area (Å²) in [4.78, 5) is 5.09. The number of allylic oxidation sites excluding steroid dienone is 1. The summed E-state index contributed by atoms with van der Waals surface area (Å²) in [6.45, 7) is 4.32. The van der Waals surface area contributed by atoms with Crippen molar-refractivity contribution in [2.45, 2.75) is 13.8 Å². The van der Waals surface area contributed by atoms with Gasteiger partial charge in [0.05, 0.1) is 5.71 Å². The normalized spacial score (nSPS) is 14.4. The van der Waals surface area contributed by atoms with Gasteiger partial charge in [-0.25, -0.2) is 0 Å². The zero-order valence-electron chi connectivity index (χ0n) is 9.36. The van der Waals surface area contributed by atoms with E-state index in [0.717, 1.165) is 11.5 Å². The molecule has 1 aromatic carbocycles. The number of benzene rings is 1. The maximum absolute atomic E-state index is 5.56. The van der Waals surface area contributed by atoms with E-state index in [1.165, 1.54) is 5.56 Å². The second-order valence-electron chi connectivity index (χ2n) is 3.66. The molecule has 0 aliphatic carbocycles. The van der Waals surface area contributed by atoms with Crippen molar-refractivity contribution in [1.29, 1.82) is 0 Å². The lowest BCUT2D eigenvalue weighted by Crippen LogP contribution is -2.18. The molecule has 84 valence electrons. The Morgan fingerprint density at radius 2 is 2.00 bits per heavy atom. The molecule has 16 heavy (non-hydrogen) atoms. The molecule has 4 heteroatoms. The highest BCUT2D eigenvalue weighted by Crippen LogP contribution is 2.13. The van der Waals surface area contributed by atoms with Crippen molar-refractivity contribution >= 4 is 5.71 Å². The van der Waals surface area contributed by atoms with Crippen molar-refractivity contribution < 1.29 is 9.57 Å². The number of hydrogen-bond donors (Lipinski definition) is 1. The zero-order chi connectivity index (χ0) is 11.4. The first-order chi connectivity index (χ1) is 7.74. The highest BCUT2D eigenvalue weighted by Gasteiger charge is 2.05. The fourth-order valence-corrected chi connectivity index (χ4v) is 1.31. The quantitative estimate of drug-likeness (QED) is 0.845. The van der Waals surface area contributed by atoms with Crippen molar-refractivity contribution in [1.82, 2.24) is 5.59 Å². The minimum atomic E-state index is 0.392. The first-order valence-electron chi connectivity index (χ1n) is 5.10. The molecule has 0 atom stereocenters. The van der Waals surface area contributed by atoms with Crippen molar-refractivity contribution in [2.75, 3.05) is 6.61 Å². The maximum Gasteiger partial charge on any atom is 0.173 e. The summed E-state index contributed by atoms with van der Waals surface area (Å²) in [6.07, 6.45) is 1.84. The summed E-state index contributed by atoms with van der Waals surface area (Å²) < 4.78 is 5.56. The van der Waals surface area contributed by atoms with Gasteiger partial charge in [-0.3, -0.25) is 0 Å². The SMILES string of the molecule is CC1=NNOC(COc2ccc(C)cc2)=C1. The number of nitrogens with zero attached hydrogens (tertiary/aromatic N) is 1. The second kappa shape index (κ2) is 4.70. The third-order valence-corrected chi connectivity index (χ3v) is 2.17. The smallest absolute Gasteiger partial charge is 0.173 e. The molecule has 1 aliphatic rings. The standard InChI is InChI=1S/C12H14N2O2/c1-9-3-5-11(6-4-9)15-8-12-7-10(2)13-14-16-12/h3-7,14H,8H2,1-2H3. The lowest BCUT2D eigenvalue weighted by molar-refractivity contribution is 0.0814. The minimum Gasteiger partial charge on any atom is -0.486 e. The number of aryl methyl sites for hydroxylation is 1. The Kier molecular flexibility index (Phi) is 3.10. The van der Waals surface area contributed by atoms with Gasteiger partial charge in [0.2, 0.25) is 0 Å². The van der Waals surface area contributed by atoms with Crippen molar-refractivity contribution in [3.8, 4) is 5.75 Å². The van der Waals surface area contributed by atoms with Crippen LogP contribution in [0.25, 0.3) is 0 Å². The molecule has 1 heterocycles. The fraction of sp³-hybridized carbons (Fsp3) is 0.250. The molecule has 0 saturated heterocycles. The number of ether oxygens (including phenoxy) is 1. The third-order valence-electron chi connectivity index (χ3n) is 2.17. The number of nitrogens with one attached hydrogen (secondary N) is 1. The first kappa shape index (κ1) is 10.5. The predicted molar refractivity (Wildman–Crippen MR) is 62.1 cm³/mol. The summed E-state index contributed by atoms with van der Waals surface area (Å²) in [5.41, 5.74) is 4.55. The van der Waals surface area contributed by atoms with Crippen LogP contribution in [0.2, 0.25) is 0 Å². The predicted octanol–water partition coefficient (Wildman–Crippen LogP) is 2.17. The van der Waals surface area contributed by atoms with E-state index >= 15 is 0 Å². The Bertz CT molecular complexity index is 421. The molecule has 0 aromatic heterocycles. The molecule has 1 aliphatic heterocycles. The molecular formula is C12H14N2O2. The lowest BCUT2D eigenvalue weighted by Gasteiger charge is -2.13. The van der Waals surface area contributed by atoms with Gasteiger partial charge in [-0.15, -0.1) is 10.7 Å². The van der Waals surface area contributed by atoms with E-state index in [2.05, 4.69) is 10.7 Å². The molecule has 0 fully saturated rings. The van der Waals surface area contributed by atoms with Crippen LogP contribution in [0, 0.1) is 6.92 Å². The highest BCUT2D eigenvalue weighted by molar-refractivity contribution is 5.93. The molecule has 2 rings (SSSR count). The number of hydrazone groups is 1. The van der Waals surface area contributed by atoms with E-state index in [4.69, 9.17) is 9.57 Å². The van der Waals surface area contributed by atoms with Gasteiger partial charge in [0.1, 0.15) is 12.4 Å². The van der Waals surface area contributed by atoms with Gasteiger partial charge in [-0.1, -0.05) is 17.7 Å². The highest BCUT2D eigenvalue weighted by atomic mass is 16.7. The Morgan fingerprint density at radius 1 is 1.25 bits per heavy atom. The molecule has 0 spiro atoms. The lowest BCUT2D eigenvalue weighted by atomic mass is 10.2. The van der Waals surface area contributed by atoms with Crippen LogP contribution >= 0.6 is 0 Å². The van der Waals surface area contributed by atoms with Crippen molar-refractivity contribution in [3.63, 3.8) is 0 Å². The average molecular weight is 218 g/mol. The van der Waals surface area contributed by atoms with Gasteiger partial charge in [0.25, 0.3) is 0 Å². The summed E-state index contributed by atoms with van der Waals surface area (Å²) in [6, 6.07) is 7.90. The molecule has 0 saturated carbocycles. The summed E-state index contributed by atoms with van der Waals surface area (Å²) in [7, 11) is 0. The van der Waals surface area contributed by atoms with E-state index < -0.39 is 0 Å². The van der Waals surface area contributed by atoms with Gasteiger partial charge >= 0.3 is 0 Å². The summed E-state index contributed by atoms with van der Waals surface area (Å²) in [5, 5.41) is 3.86. The topological polar surface area (TPSA) is 42.9 Å². The Morgan fingerprint density at radius 3 is 2.69 bits per heavy atom. The second-order valence-corrected chi connectivity index (χ2v) is 3.66. The van der Waals surface area contributed by atoms with Crippen LogP contribution in [-0.2, 0) is 4.84 Å². The third kappa shape index (κ3) is 2.76.